The van der Waals surface area contributed by atoms with Crippen LogP contribution in [0, 0.1) is 0 Å². The lowest BCUT2D eigenvalue weighted by Crippen LogP contribution is -2.50. The normalized spacial score (nSPS) is 13.4. The van der Waals surface area contributed by atoms with Crippen molar-refractivity contribution in [2.45, 2.75) is 0 Å². The summed E-state index contributed by atoms with van der Waals surface area (Å²) >= 11 is 0. The molecule has 0 spiro atoms. The Kier molecular flexibility index (Phi) is 2.01. The van der Waals surface area contributed by atoms with Gasteiger partial charge in [-0.3, -0.25) is 0 Å². The molecular formula is C13H12BNO. The largest absolute Gasteiger partial charge is 0.443 e. The first-order valence-corrected chi connectivity index (χ1v) is 5.38. The van der Waals surface area contributed by atoms with Gasteiger partial charge in [-0.25, -0.2) is 0 Å². The Morgan fingerprint density at radius 2 is 1.31 bits per heavy atom. The lowest BCUT2D eigenvalue weighted by Gasteiger charge is -2.31. The van der Waals surface area contributed by atoms with Crippen LogP contribution >= 0.6 is 0 Å². The third-order valence-electron chi connectivity index (χ3n) is 3.19. The predicted molar refractivity (Wildman–Crippen MR) is 68.2 cm³/mol. The zero-order valence-electron chi connectivity index (χ0n) is 9.09. The molecule has 0 fully saturated rings. The van der Waals surface area contributed by atoms with Crippen LogP contribution in [-0.4, -0.2) is 19.0 Å². The third kappa shape index (κ3) is 1.18. The number of fused-ring (bicyclic) bond motifs is 2. The summed E-state index contributed by atoms with van der Waals surface area (Å²) in [6.45, 7) is -0.511. The minimum Gasteiger partial charge on any atom is -0.443 e. The van der Waals surface area contributed by atoms with Gasteiger partial charge < -0.3 is 9.92 Å². The molecule has 1 N–H and O–H groups in total. The van der Waals surface area contributed by atoms with Gasteiger partial charge in [-0.15, -0.1) is 0 Å². The summed E-state index contributed by atoms with van der Waals surface area (Å²) in [7, 11) is 2.03. The Morgan fingerprint density at radius 3 is 1.81 bits per heavy atom. The number of para-hydroxylation sites is 2. The van der Waals surface area contributed by atoms with Crippen molar-refractivity contribution >= 4 is 29.2 Å². The number of rotatable bonds is 0. The number of hydrogen-bond acceptors (Lipinski definition) is 2. The molecule has 2 nitrogen and oxygen atoms in total. The summed E-state index contributed by atoms with van der Waals surface area (Å²) < 4.78 is 0. The molecule has 0 saturated heterocycles. The molecule has 0 atom stereocenters. The van der Waals surface area contributed by atoms with Gasteiger partial charge in [0.2, 0.25) is 0 Å². The van der Waals surface area contributed by atoms with Crippen LogP contribution in [0.2, 0.25) is 0 Å². The van der Waals surface area contributed by atoms with Crippen LogP contribution in [0.5, 0.6) is 0 Å². The van der Waals surface area contributed by atoms with Crippen LogP contribution in [0.1, 0.15) is 0 Å². The summed E-state index contributed by atoms with van der Waals surface area (Å²) in [6.07, 6.45) is 0. The Balaban J connectivity index is 2.26. The van der Waals surface area contributed by atoms with Crippen LogP contribution in [-0.2, 0) is 0 Å². The molecule has 1 heterocycles. The smallest absolute Gasteiger partial charge is 0.363 e. The highest BCUT2D eigenvalue weighted by atomic mass is 16.2. The molecule has 3 heteroatoms. The van der Waals surface area contributed by atoms with Crippen molar-refractivity contribution in [2.24, 2.45) is 0 Å². The quantitative estimate of drug-likeness (QED) is 0.650. The van der Waals surface area contributed by atoms with Gasteiger partial charge >= 0.3 is 6.92 Å². The van der Waals surface area contributed by atoms with Crippen molar-refractivity contribution in [1.82, 2.24) is 0 Å². The first-order chi connectivity index (χ1) is 7.79. The van der Waals surface area contributed by atoms with Gasteiger partial charge in [0, 0.05) is 18.4 Å². The second kappa shape index (κ2) is 3.39. The molecule has 2 aromatic carbocycles. The van der Waals surface area contributed by atoms with E-state index in [2.05, 4.69) is 4.90 Å². The number of benzene rings is 2. The zero-order valence-corrected chi connectivity index (χ0v) is 9.09. The van der Waals surface area contributed by atoms with Gasteiger partial charge in [-0.2, -0.15) is 0 Å². The van der Waals surface area contributed by atoms with Gasteiger partial charge in [0.15, 0.2) is 0 Å². The first-order valence-electron chi connectivity index (χ1n) is 5.38. The first kappa shape index (κ1) is 9.49. The van der Waals surface area contributed by atoms with E-state index in [1.165, 1.54) is 0 Å². The topological polar surface area (TPSA) is 23.5 Å². The summed E-state index contributed by atoms with van der Waals surface area (Å²) in [5.41, 5.74) is 4.11. The predicted octanol–water partition coefficient (Wildman–Crippen LogP) is 0.866. The van der Waals surface area contributed by atoms with Crippen LogP contribution in [0.15, 0.2) is 48.5 Å². The average Bonchev–Trinajstić information content (AvgIpc) is 2.36. The molecule has 1 aliphatic rings. The van der Waals surface area contributed by atoms with Crippen LogP contribution in [0.25, 0.3) is 0 Å². The summed E-state index contributed by atoms with van der Waals surface area (Å²) in [6, 6.07) is 15.9. The van der Waals surface area contributed by atoms with E-state index in [9.17, 15) is 5.02 Å². The van der Waals surface area contributed by atoms with E-state index in [0.29, 0.717) is 0 Å². The summed E-state index contributed by atoms with van der Waals surface area (Å²) in [5.74, 6) is 0. The minimum atomic E-state index is -0.511. The Bertz CT molecular complexity index is 445. The average molecular weight is 209 g/mol. The van der Waals surface area contributed by atoms with Crippen LogP contribution < -0.4 is 15.8 Å². The SMILES string of the molecule is CN1c2ccccc2B(O)c2ccccc21. The second-order valence-corrected chi connectivity index (χ2v) is 4.08. The molecule has 0 saturated carbocycles. The second-order valence-electron chi connectivity index (χ2n) is 4.08. The Labute approximate surface area is 95.3 Å². The van der Waals surface area contributed by atoms with E-state index in [1.807, 2.05) is 55.6 Å². The van der Waals surface area contributed by atoms with Crippen molar-refractivity contribution in [1.29, 1.82) is 0 Å². The molecule has 0 radical (unpaired) electrons. The van der Waals surface area contributed by atoms with Crippen molar-refractivity contribution in [3.63, 3.8) is 0 Å². The fourth-order valence-electron chi connectivity index (χ4n) is 2.35. The van der Waals surface area contributed by atoms with E-state index < -0.39 is 6.92 Å². The fraction of sp³-hybridized carbons (Fsp3) is 0.0769. The lowest BCUT2D eigenvalue weighted by atomic mass is 9.53. The monoisotopic (exact) mass is 209 g/mol. The Hall–Kier alpha value is -1.74. The van der Waals surface area contributed by atoms with Crippen LogP contribution in [0.4, 0.5) is 11.4 Å². The lowest BCUT2D eigenvalue weighted by molar-refractivity contribution is 0.599. The van der Waals surface area contributed by atoms with Crippen molar-refractivity contribution in [3.8, 4) is 0 Å². The highest BCUT2D eigenvalue weighted by molar-refractivity contribution is 6.82. The van der Waals surface area contributed by atoms with Gasteiger partial charge in [-0.1, -0.05) is 36.4 Å². The van der Waals surface area contributed by atoms with Crippen molar-refractivity contribution in [3.05, 3.63) is 48.5 Å². The van der Waals surface area contributed by atoms with E-state index in [1.54, 1.807) is 0 Å². The molecule has 0 aromatic heterocycles. The maximum Gasteiger partial charge on any atom is 0.363 e. The van der Waals surface area contributed by atoms with Crippen molar-refractivity contribution in [2.75, 3.05) is 11.9 Å². The van der Waals surface area contributed by atoms with E-state index in [4.69, 9.17) is 0 Å². The van der Waals surface area contributed by atoms with Gasteiger partial charge in [0.1, 0.15) is 0 Å². The minimum absolute atomic E-state index is 0.511. The fourth-order valence-corrected chi connectivity index (χ4v) is 2.35. The maximum absolute atomic E-state index is 10.3. The summed E-state index contributed by atoms with van der Waals surface area (Å²) in [4.78, 5) is 2.12. The molecule has 2 aromatic rings. The highest BCUT2D eigenvalue weighted by Crippen LogP contribution is 2.24. The highest BCUT2D eigenvalue weighted by Gasteiger charge is 2.30. The standard InChI is InChI=1S/C13H12BNO/c1-15-12-8-4-2-6-10(12)14(16)11-7-3-5-9-13(11)15/h2-9,16H,1H3. The van der Waals surface area contributed by atoms with E-state index in [-0.39, 0.29) is 0 Å². The molecule has 0 aliphatic carbocycles. The molecule has 16 heavy (non-hydrogen) atoms. The number of nitrogens with zero attached hydrogens (tertiary/aromatic N) is 1. The Morgan fingerprint density at radius 1 is 0.875 bits per heavy atom. The number of hydrogen-bond donors (Lipinski definition) is 1. The zero-order chi connectivity index (χ0) is 11.1. The molecule has 78 valence electrons. The molecule has 0 bridgehead atoms. The number of anilines is 2. The molecular weight excluding hydrogens is 197 g/mol. The molecule has 0 amide bonds. The maximum atomic E-state index is 10.3. The van der Waals surface area contributed by atoms with E-state index >= 15 is 0 Å². The van der Waals surface area contributed by atoms with Crippen molar-refractivity contribution < 1.29 is 5.02 Å². The summed E-state index contributed by atoms with van der Waals surface area (Å²) in [5, 5.41) is 10.3. The molecule has 1 aliphatic heterocycles. The van der Waals surface area contributed by atoms with Crippen LogP contribution in [0.3, 0.4) is 0 Å². The van der Waals surface area contributed by atoms with Gasteiger partial charge in [0.05, 0.1) is 0 Å². The van der Waals surface area contributed by atoms with Gasteiger partial charge in [-0.05, 0) is 23.1 Å². The molecule has 0 unspecified atom stereocenters. The third-order valence-corrected chi connectivity index (χ3v) is 3.19. The van der Waals surface area contributed by atoms with E-state index in [0.717, 1.165) is 22.3 Å². The van der Waals surface area contributed by atoms with Gasteiger partial charge in [0.25, 0.3) is 0 Å². The molecule has 3 rings (SSSR count).